The average molecular weight is 825 g/mol. The zero-order chi connectivity index (χ0) is 46.7. The van der Waals surface area contributed by atoms with Gasteiger partial charge in [0.25, 0.3) is 0 Å². The van der Waals surface area contributed by atoms with Crippen LogP contribution in [0.2, 0.25) is 0 Å². The van der Waals surface area contributed by atoms with Gasteiger partial charge in [-0.2, -0.15) is 0 Å². The molecule has 0 unspecified atom stereocenters. The summed E-state index contributed by atoms with van der Waals surface area (Å²) >= 11 is 0. The minimum atomic E-state index is -2.17. The molecular formula is C59H55N3O. The summed E-state index contributed by atoms with van der Waals surface area (Å²) in [7, 11) is 0. The summed E-state index contributed by atoms with van der Waals surface area (Å²) in [5.74, 6) is 0.851. The van der Waals surface area contributed by atoms with E-state index in [1.807, 2.05) is 55.5 Å². The number of benzene rings is 7. The van der Waals surface area contributed by atoms with Crippen molar-refractivity contribution in [3.63, 3.8) is 0 Å². The number of phenols is 1. The number of aryl methyl sites for hydroxylation is 3. The molecule has 2 aromatic heterocycles. The number of hydrogen-bond donors (Lipinski definition) is 1. The maximum atomic E-state index is 11.9. The minimum absolute atomic E-state index is 0.00502. The number of imidazole rings is 1. The van der Waals surface area contributed by atoms with Crippen LogP contribution in [-0.4, -0.2) is 19.6 Å². The molecule has 0 aliphatic carbocycles. The van der Waals surface area contributed by atoms with E-state index >= 15 is 0 Å². The first-order valence-electron chi connectivity index (χ1n) is 23.2. The summed E-state index contributed by atoms with van der Waals surface area (Å²) in [6.07, 6.45) is 1.81. The van der Waals surface area contributed by atoms with E-state index in [2.05, 4.69) is 150 Å². The molecular weight excluding hydrogens is 767 g/mol. The van der Waals surface area contributed by atoms with Gasteiger partial charge in [-0.05, 0) is 142 Å². The first-order valence-corrected chi connectivity index (χ1v) is 21.7. The molecule has 63 heavy (non-hydrogen) atoms. The number of pyridine rings is 1. The molecule has 0 spiro atoms. The number of aromatic hydroxyl groups is 1. The SMILES string of the molecule is [2H]C([2H])([2H])c1ccc(-c2ccnc(-c3cc(-c4ccccc4)cc(-c4cccc5c4nc(-c4cc(C)cc(C)c4O)n5-c4ccc(C(C)(C)C)cc4-c4ccc(C(C)(C)C)cc4)c3)c2)cc1. The van der Waals surface area contributed by atoms with Crippen LogP contribution < -0.4 is 0 Å². The van der Waals surface area contributed by atoms with Crippen LogP contribution in [0.25, 0.3) is 83.9 Å². The Kier molecular flexibility index (Phi) is 9.58. The van der Waals surface area contributed by atoms with Crippen LogP contribution in [0.3, 0.4) is 0 Å². The maximum Gasteiger partial charge on any atom is 0.149 e. The van der Waals surface area contributed by atoms with Crippen molar-refractivity contribution in [1.82, 2.24) is 14.5 Å². The van der Waals surface area contributed by atoms with E-state index in [-0.39, 0.29) is 16.6 Å². The van der Waals surface area contributed by atoms with E-state index in [4.69, 9.17) is 14.1 Å². The molecule has 9 aromatic rings. The fraction of sp³-hybridized carbons (Fsp3) is 0.186. The van der Waals surface area contributed by atoms with E-state index in [1.165, 1.54) is 11.1 Å². The Morgan fingerprint density at radius 2 is 1.17 bits per heavy atom. The van der Waals surface area contributed by atoms with Crippen LogP contribution in [-0.2, 0) is 10.8 Å². The summed E-state index contributed by atoms with van der Waals surface area (Å²) in [4.78, 5) is 10.5. The third kappa shape index (κ3) is 8.10. The van der Waals surface area contributed by atoms with E-state index in [1.54, 1.807) is 18.3 Å². The van der Waals surface area contributed by atoms with E-state index in [0.29, 0.717) is 17.0 Å². The summed E-state index contributed by atoms with van der Waals surface area (Å²) in [6.45, 7) is 15.3. The third-order valence-corrected chi connectivity index (χ3v) is 12.2. The lowest BCUT2D eigenvalue weighted by molar-refractivity contribution is 0.472. The van der Waals surface area contributed by atoms with Crippen molar-refractivity contribution in [2.75, 3.05) is 0 Å². The molecule has 7 aromatic carbocycles. The van der Waals surface area contributed by atoms with Crippen molar-refractivity contribution in [2.45, 2.75) is 73.1 Å². The fourth-order valence-electron chi connectivity index (χ4n) is 8.62. The number of hydrogen-bond acceptors (Lipinski definition) is 3. The number of phenolic OH excluding ortho intramolecular Hbond substituents is 1. The molecule has 4 nitrogen and oxygen atoms in total. The van der Waals surface area contributed by atoms with Gasteiger partial charge < -0.3 is 5.11 Å². The van der Waals surface area contributed by atoms with Crippen molar-refractivity contribution in [2.24, 2.45) is 0 Å². The lowest BCUT2D eigenvalue weighted by Gasteiger charge is -2.24. The standard InChI is InChI=1S/C59H55N3O/c1-37-18-20-41(21-19-37)43-28-29-60-52(35-43)46-33-44(40-14-11-10-12-15-40)32-45(34-46)49-16-13-17-54-55(49)61-57(51-31-38(2)30-39(3)56(51)63)62(54)53-27-26-48(59(7,8)9)36-50(53)42-22-24-47(25-23-42)58(4,5)6/h10-36,63H,1-9H3/i1D3. The maximum absolute atomic E-state index is 11.9. The molecule has 0 bridgehead atoms. The number of para-hydroxylation sites is 1. The Hall–Kier alpha value is -7.04. The van der Waals surface area contributed by atoms with Crippen LogP contribution in [0.15, 0.2) is 164 Å². The molecule has 0 aliphatic rings. The molecule has 0 radical (unpaired) electrons. The Morgan fingerprint density at radius 3 is 1.89 bits per heavy atom. The normalized spacial score (nSPS) is 12.9. The van der Waals surface area contributed by atoms with Crippen molar-refractivity contribution >= 4 is 11.0 Å². The monoisotopic (exact) mass is 824 g/mol. The van der Waals surface area contributed by atoms with Crippen molar-refractivity contribution < 1.29 is 9.22 Å². The van der Waals surface area contributed by atoms with E-state index in [9.17, 15) is 5.11 Å². The number of rotatable bonds is 7. The van der Waals surface area contributed by atoms with Crippen molar-refractivity contribution in [3.8, 4) is 78.6 Å². The summed E-state index contributed by atoms with van der Waals surface area (Å²) in [5.41, 5.74) is 17.6. The Balaban J connectivity index is 1.29. The highest BCUT2D eigenvalue weighted by Crippen LogP contribution is 2.43. The van der Waals surface area contributed by atoms with Gasteiger partial charge in [-0.25, -0.2) is 4.98 Å². The second-order valence-electron chi connectivity index (χ2n) is 18.9. The molecule has 1 N–H and O–H groups in total. The smallest absolute Gasteiger partial charge is 0.149 e. The molecule has 0 fully saturated rings. The summed E-state index contributed by atoms with van der Waals surface area (Å²) < 4.78 is 25.8. The van der Waals surface area contributed by atoms with Crippen molar-refractivity contribution in [1.29, 1.82) is 0 Å². The van der Waals surface area contributed by atoms with Gasteiger partial charge in [0.1, 0.15) is 11.6 Å². The molecule has 312 valence electrons. The van der Waals surface area contributed by atoms with Gasteiger partial charge in [-0.3, -0.25) is 9.55 Å². The van der Waals surface area contributed by atoms with Gasteiger partial charge in [-0.15, -0.1) is 0 Å². The van der Waals surface area contributed by atoms with Gasteiger partial charge in [-0.1, -0.05) is 150 Å². The number of fused-ring (bicyclic) bond motifs is 1. The van der Waals surface area contributed by atoms with Crippen LogP contribution in [0.1, 0.15) is 73.5 Å². The Morgan fingerprint density at radius 1 is 0.508 bits per heavy atom. The molecule has 0 aliphatic heterocycles. The molecule has 9 rings (SSSR count). The minimum Gasteiger partial charge on any atom is -0.507 e. The molecule has 0 amide bonds. The highest BCUT2D eigenvalue weighted by Gasteiger charge is 2.25. The first-order chi connectivity index (χ1) is 31.3. The van der Waals surface area contributed by atoms with Gasteiger partial charge in [0.15, 0.2) is 0 Å². The second-order valence-corrected chi connectivity index (χ2v) is 18.9. The Labute approximate surface area is 376 Å². The van der Waals surface area contributed by atoms with E-state index < -0.39 is 6.85 Å². The largest absolute Gasteiger partial charge is 0.507 e. The zero-order valence-corrected chi connectivity index (χ0v) is 37.4. The van der Waals surface area contributed by atoms with Crippen LogP contribution in [0, 0.1) is 20.7 Å². The van der Waals surface area contributed by atoms with Gasteiger partial charge in [0, 0.05) is 27.0 Å². The van der Waals surface area contributed by atoms with Crippen LogP contribution in [0.4, 0.5) is 0 Å². The van der Waals surface area contributed by atoms with Gasteiger partial charge in [0.05, 0.1) is 28.0 Å². The van der Waals surface area contributed by atoms with Crippen LogP contribution >= 0.6 is 0 Å². The molecule has 0 saturated heterocycles. The fourth-order valence-corrected chi connectivity index (χ4v) is 8.62. The topological polar surface area (TPSA) is 50.9 Å². The van der Waals surface area contributed by atoms with Crippen molar-refractivity contribution in [3.05, 3.63) is 192 Å². The quantitative estimate of drug-likeness (QED) is 0.174. The Bertz CT molecular complexity index is 3260. The molecule has 0 saturated carbocycles. The average Bonchev–Trinajstić information content (AvgIpc) is 3.69. The first kappa shape index (κ1) is 37.7. The third-order valence-electron chi connectivity index (χ3n) is 12.2. The summed E-state index contributed by atoms with van der Waals surface area (Å²) in [5, 5.41) is 11.9. The van der Waals surface area contributed by atoms with Crippen LogP contribution in [0.5, 0.6) is 5.75 Å². The lowest BCUT2D eigenvalue weighted by Crippen LogP contribution is -2.12. The second kappa shape index (κ2) is 16.0. The molecule has 4 heteroatoms. The van der Waals surface area contributed by atoms with E-state index in [0.717, 1.165) is 83.6 Å². The number of nitrogens with zero attached hydrogens (tertiary/aromatic N) is 3. The zero-order valence-electron chi connectivity index (χ0n) is 40.4. The summed E-state index contributed by atoms with van der Waals surface area (Å²) in [6, 6.07) is 54.1. The molecule has 2 heterocycles. The predicted molar refractivity (Wildman–Crippen MR) is 265 cm³/mol. The lowest BCUT2D eigenvalue weighted by atomic mass is 9.83. The van der Waals surface area contributed by atoms with Gasteiger partial charge >= 0.3 is 0 Å². The van der Waals surface area contributed by atoms with Gasteiger partial charge in [0.2, 0.25) is 0 Å². The molecule has 0 atom stereocenters. The predicted octanol–water partition coefficient (Wildman–Crippen LogP) is 15.6. The highest BCUT2D eigenvalue weighted by molar-refractivity contribution is 5.98. The number of aromatic nitrogens is 3. The highest BCUT2D eigenvalue weighted by atomic mass is 16.3.